The highest BCUT2D eigenvalue weighted by Crippen LogP contribution is 2.20. The van der Waals surface area contributed by atoms with Gasteiger partial charge in [0.15, 0.2) is 0 Å². The molecule has 0 fully saturated rings. The molecule has 2 aromatic carbocycles. The molecule has 0 radical (unpaired) electrons. The van der Waals surface area contributed by atoms with Crippen molar-refractivity contribution in [3.8, 4) is 5.75 Å². The van der Waals surface area contributed by atoms with Gasteiger partial charge in [0.25, 0.3) is 0 Å². The van der Waals surface area contributed by atoms with Crippen LogP contribution in [-0.4, -0.2) is 0 Å². The van der Waals surface area contributed by atoms with Crippen molar-refractivity contribution in [2.45, 2.75) is 27.0 Å². The molecule has 2 heteroatoms. The number of hydrogen-bond acceptors (Lipinski definition) is 2. The molecule has 2 nitrogen and oxygen atoms in total. The van der Waals surface area contributed by atoms with E-state index in [9.17, 15) is 0 Å². The van der Waals surface area contributed by atoms with Crippen LogP contribution in [-0.2, 0) is 13.2 Å². The van der Waals surface area contributed by atoms with Crippen molar-refractivity contribution < 1.29 is 4.74 Å². The van der Waals surface area contributed by atoms with Crippen LogP contribution in [0.15, 0.2) is 42.5 Å². The molecule has 2 aromatic rings. The molecule has 18 heavy (non-hydrogen) atoms. The fourth-order valence-electron chi connectivity index (χ4n) is 1.97. The van der Waals surface area contributed by atoms with Crippen molar-refractivity contribution >= 4 is 0 Å². The molecule has 0 amide bonds. The van der Waals surface area contributed by atoms with Crippen LogP contribution in [0.3, 0.4) is 0 Å². The summed E-state index contributed by atoms with van der Waals surface area (Å²) in [4.78, 5) is 0. The first-order valence-corrected chi connectivity index (χ1v) is 6.17. The van der Waals surface area contributed by atoms with Gasteiger partial charge < -0.3 is 10.5 Å². The van der Waals surface area contributed by atoms with Gasteiger partial charge in [0.2, 0.25) is 0 Å². The van der Waals surface area contributed by atoms with Gasteiger partial charge in [-0.1, -0.05) is 47.5 Å². The first-order valence-electron chi connectivity index (χ1n) is 6.17. The van der Waals surface area contributed by atoms with Crippen LogP contribution in [0.2, 0.25) is 0 Å². The van der Waals surface area contributed by atoms with Gasteiger partial charge in [-0.3, -0.25) is 0 Å². The molecule has 2 N–H and O–H groups in total. The van der Waals surface area contributed by atoms with Crippen LogP contribution in [0.4, 0.5) is 0 Å². The van der Waals surface area contributed by atoms with E-state index in [4.69, 9.17) is 10.5 Å². The molecule has 0 aliphatic rings. The van der Waals surface area contributed by atoms with Crippen LogP contribution in [0.25, 0.3) is 0 Å². The number of rotatable bonds is 4. The Balaban J connectivity index is 2.10. The Kier molecular flexibility index (Phi) is 4.00. The Hall–Kier alpha value is -1.80. The predicted octanol–water partition coefficient (Wildman–Crippen LogP) is 3.34. The van der Waals surface area contributed by atoms with Gasteiger partial charge in [-0.05, 0) is 25.5 Å². The van der Waals surface area contributed by atoms with Gasteiger partial charge in [-0.25, -0.2) is 0 Å². The van der Waals surface area contributed by atoms with E-state index in [1.165, 1.54) is 16.7 Å². The van der Waals surface area contributed by atoms with Gasteiger partial charge in [-0.15, -0.1) is 0 Å². The summed E-state index contributed by atoms with van der Waals surface area (Å²) in [6.45, 7) is 5.23. The lowest BCUT2D eigenvalue weighted by Crippen LogP contribution is -2.03. The zero-order chi connectivity index (χ0) is 13.0. The Labute approximate surface area is 108 Å². The molecule has 0 unspecified atom stereocenters. The standard InChI is InChI=1S/C16H19NO/c1-12-4-3-5-14(8-12)11-18-16-7-6-13(2)9-15(16)10-17/h3-9H,10-11,17H2,1-2H3. The second-order valence-electron chi connectivity index (χ2n) is 4.59. The van der Waals surface area contributed by atoms with E-state index in [0.717, 1.165) is 11.3 Å². The van der Waals surface area contributed by atoms with Gasteiger partial charge in [0.05, 0.1) is 0 Å². The topological polar surface area (TPSA) is 35.2 Å². The average molecular weight is 241 g/mol. The number of ether oxygens (including phenoxy) is 1. The maximum atomic E-state index is 5.84. The molecule has 0 spiro atoms. The lowest BCUT2D eigenvalue weighted by molar-refractivity contribution is 0.303. The first kappa shape index (κ1) is 12.7. The fraction of sp³-hybridized carbons (Fsp3) is 0.250. The third-order valence-corrected chi connectivity index (χ3v) is 2.91. The first-order chi connectivity index (χ1) is 8.69. The van der Waals surface area contributed by atoms with Crippen LogP contribution in [0, 0.1) is 13.8 Å². The third-order valence-electron chi connectivity index (χ3n) is 2.91. The van der Waals surface area contributed by atoms with Crippen LogP contribution < -0.4 is 10.5 Å². The lowest BCUT2D eigenvalue weighted by Gasteiger charge is -2.11. The van der Waals surface area contributed by atoms with Crippen molar-refractivity contribution in [2.75, 3.05) is 0 Å². The van der Waals surface area contributed by atoms with E-state index >= 15 is 0 Å². The Morgan fingerprint density at radius 1 is 1.00 bits per heavy atom. The van der Waals surface area contributed by atoms with Crippen molar-refractivity contribution in [3.05, 3.63) is 64.7 Å². The van der Waals surface area contributed by atoms with Crippen molar-refractivity contribution in [1.29, 1.82) is 0 Å². The average Bonchev–Trinajstić information content (AvgIpc) is 2.37. The highest BCUT2D eigenvalue weighted by molar-refractivity contribution is 5.37. The zero-order valence-electron chi connectivity index (χ0n) is 10.9. The third kappa shape index (κ3) is 3.11. The number of aryl methyl sites for hydroxylation is 2. The lowest BCUT2D eigenvalue weighted by atomic mass is 10.1. The highest BCUT2D eigenvalue weighted by atomic mass is 16.5. The summed E-state index contributed by atoms with van der Waals surface area (Å²) in [5.41, 5.74) is 10.4. The maximum Gasteiger partial charge on any atom is 0.124 e. The predicted molar refractivity (Wildman–Crippen MR) is 74.6 cm³/mol. The van der Waals surface area contributed by atoms with Crippen LogP contribution in [0.1, 0.15) is 22.3 Å². The second kappa shape index (κ2) is 5.69. The van der Waals surface area contributed by atoms with Gasteiger partial charge >= 0.3 is 0 Å². The largest absolute Gasteiger partial charge is 0.489 e. The normalized spacial score (nSPS) is 10.4. The smallest absolute Gasteiger partial charge is 0.124 e. The van der Waals surface area contributed by atoms with Crippen molar-refractivity contribution in [2.24, 2.45) is 5.73 Å². The summed E-state index contributed by atoms with van der Waals surface area (Å²) in [6, 6.07) is 14.5. The molecule has 94 valence electrons. The molecule has 0 saturated carbocycles. The molecular formula is C16H19NO. The number of benzene rings is 2. The quantitative estimate of drug-likeness (QED) is 0.891. The molecule has 0 aliphatic carbocycles. The molecule has 0 aliphatic heterocycles. The van der Waals surface area contributed by atoms with E-state index < -0.39 is 0 Å². The van der Waals surface area contributed by atoms with Crippen LogP contribution >= 0.6 is 0 Å². The van der Waals surface area contributed by atoms with E-state index in [2.05, 4.69) is 38.1 Å². The minimum atomic E-state index is 0.505. The molecule has 0 saturated heterocycles. The molecule has 2 rings (SSSR count). The molecular weight excluding hydrogens is 222 g/mol. The van der Waals surface area contributed by atoms with E-state index in [-0.39, 0.29) is 0 Å². The molecule has 0 aromatic heterocycles. The van der Waals surface area contributed by atoms with Crippen molar-refractivity contribution in [1.82, 2.24) is 0 Å². The van der Waals surface area contributed by atoms with Gasteiger partial charge in [0.1, 0.15) is 12.4 Å². The summed E-state index contributed by atoms with van der Waals surface area (Å²) < 4.78 is 5.84. The molecule has 0 heterocycles. The monoisotopic (exact) mass is 241 g/mol. The Bertz CT molecular complexity index is 534. The van der Waals surface area contributed by atoms with Crippen molar-refractivity contribution in [3.63, 3.8) is 0 Å². The summed E-state index contributed by atoms with van der Waals surface area (Å²) in [7, 11) is 0. The van der Waals surface area contributed by atoms with Gasteiger partial charge in [0, 0.05) is 12.1 Å². The Morgan fingerprint density at radius 2 is 1.78 bits per heavy atom. The summed E-state index contributed by atoms with van der Waals surface area (Å²) in [6.07, 6.45) is 0. The summed E-state index contributed by atoms with van der Waals surface area (Å²) in [5.74, 6) is 0.879. The van der Waals surface area contributed by atoms with E-state index in [1.807, 2.05) is 18.2 Å². The fourth-order valence-corrected chi connectivity index (χ4v) is 1.97. The summed E-state index contributed by atoms with van der Waals surface area (Å²) >= 11 is 0. The number of hydrogen-bond donors (Lipinski definition) is 1. The second-order valence-corrected chi connectivity index (χ2v) is 4.59. The van der Waals surface area contributed by atoms with E-state index in [1.54, 1.807) is 0 Å². The Morgan fingerprint density at radius 3 is 2.50 bits per heavy atom. The highest BCUT2D eigenvalue weighted by Gasteiger charge is 2.03. The zero-order valence-corrected chi connectivity index (χ0v) is 10.9. The molecule has 0 atom stereocenters. The SMILES string of the molecule is Cc1cccc(COc2ccc(C)cc2CN)c1. The maximum absolute atomic E-state index is 5.84. The minimum absolute atomic E-state index is 0.505. The van der Waals surface area contributed by atoms with Crippen LogP contribution in [0.5, 0.6) is 5.75 Å². The summed E-state index contributed by atoms with van der Waals surface area (Å²) in [5, 5.41) is 0. The number of nitrogens with two attached hydrogens (primary N) is 1. The van der Waals surface area contributed by atoms with Gasteiger partial charge in [-0.2, -0.15) is 0 Å². The molecule has 0 bridgehead atoms. The minimum Gasteiger partial charge on any atom is -0.489 e. The van der Waals surface area contributed by atoms with E-state index in [0.29, 0.717) is 13.2 Å².